The van der Waals surface area contributed by atoms with Crippen molar-refractivity contribution < 1.29 is 24.5 Å². The Hall–Kier alpha value is -1.66. The number of aliphatic hydroxyl groups is 2. The molecular formula is C70H135NO5. The molecule has 0 aliphatic rings. The van der Waals surface area contributed by atoms with Gasteiger partial charge in [0.05, 0.1) is 25.4 Å². The molecule has 3 N–H and O–H groups in total. The molecule has 0 aliphatic heterocycles. The molecule has 0 rings (SSSR count). The molecule has 0 saturated heterocycles. The van der Waals surface area contributed by atoms with Gasteiger partial charge in [0.25, 0.3) is 0 Å². The van der Waals surface area contributed by atoms with E-state index in [2.05, 4.69) is 31.3 Å². The Morgan fingerprint density at radius 2 is 0.618 bits per heavy atom. The number of esters is 1. The molecule has 0 aliphatic carbocycles. The molecule has 0 heterocycles. The molecule has 0 bridgehead atoms. The van der Waals surface area contributed by atoms with Crippen LogP contribution in [-0.2, 0) is 14.3 Å². The lowest BCUT2D eigenvalue weighted by molar-refractivity contribution is -0.143. The molecule has 450 valence electrons. The molecule has 0 aromatic heterocycles. The van der Waals surface area contributed by atoms with Gasteiger partial charge in [-0.1, -0.05) is 340 Å². The molecule has 6 nitrogen and oxygen atoms in total. The summed E-state index contributed by atoms with van der Waals surface area (Å²) in [6.45, 7) is 4.94. The van der Waals surface area contributed by atoms with Crippen molar-refractivity contribution in [2.24, 2.45) is 0 Å². The molecule has 0 saturated carbocycles. The van der Waals surface area contributed by atoms with Crippen LogP contribution in [0.4, 0.5) is 0 Å². The number of carbonyl (C=O) groups is 2. The SMILES string of the molecule is CCCCCCCCCCCCCCCCCC/C=C/C(O)C(CO)NC(=O)CCCCCCCCCCCCCCC/C=C\CCCCCCCCCCCCCCOC(=O)CCCCCCCCCCCCCC. The monoisotopic (exact) mass is 1070 g/mol. The second-order valence-corrected chi connectivity index (χ2v) is 23.9. The van der Waals surface area contributed by atoms with Crippen molar-refractivity contribution in [3.8, 4) is 0 Å². The average molecular weight is 1070 g/mol. The lowest BCUT2D eigenvalue weighted by atomic mass is 10.0. The molecule has 0 aromatic rings. The Labute approximate surface area is 475 Å². The number of unbranched alkanes of at least 4 members (excludes halogenated alkanes) is 52. The van der Waals surface area contributed by atoms with Crippen LogP contribution in [0.25, 0.3) is 0 Å². The number of nitrogens with one attached hydrogen (secondary N) is 1. The quantitative estimate of drug-likeness (QED) is 0.0320. The van der Waals surface area contributed by atoms with Crippen LogP contribution in [0.15, 0.2) is 24.3 Å². The van der Waals surface area contributed by atoms with Gasteiger partial charge in [-0.3, -0.25) is 9.59 Å². The van der Waals surface area contributed by atoms with Crippen LogP contribution in [0, 0.1) is 0 Å². The normalized spacial score (nSPS) is 12.6. The van der Waals surface area contributed by atoms with Crippen molar-refractivity contribution in [1.82, 2.24) is 5.32 Å². The smallest absolute Gasteiger partial charge is 0.305 e. The lowest BCUT2D eigenvalue weighted by Crippen LogP contribution is -2.45. The zero-order valence-corrected chi connectivity index (χ0v) is 51.5. The Morgan fingerprint density at radius 3 is 0.934 bits per heavy atom. The van der Waals surface area contributed by atoms with Crippen LogP contribution in [0.2, 0.25) is 0 Å². The number of rotatable bonds is 65. The fourth-order valence-electron chi connectivity index (χ4n) is 10.9. The van der Waals surface area contributed by atoms with Crippen LogP contribution in [0.5, 0.6) is 0 Å². The van der Waals surface area contributed by atoms with Crippen molar-refractivity contribution in [3.63, 3.8) is 0 Å². The molecule has 0 spiro atoms. The summed E-state index contributed by atoms with van der Waals surface area (Å²) in [6.07, 6.45) is 82.5. The Kier molecular flexibility index (Phi) is 64.4. The zero-order chi connectivity index (χ0) is 55.0. The topological polar surface area (TPSA) is 95.9 Å². The molecule has 76 heavy (non-hydrogen) atoms. The van der Waals surface area contributed by atoms with Crippen LogP contribution in [0.1, 0.15) is 386 Å². The number of hydrogen-bond acceptors (Lipinski definition) is 5. The van der Waals surface area contributed by atoms with Gasteiger partial charge in [0.15, 0.2) is 0 Å². The summed E-state index contributed by atoms with van der Waals surface area (Å²) in [6, 6.07) is -0.627. The van der Waals surface area contributed by atoms with Crippen molar-refractivity contribution in [2.75, 3.05) is 13.2 Å². The third kappa shape index (κ3) is 61.6. The third-order valence-corrected chi connectivity index (χ3v) is 16.2. The highest BCUT2D eigenvalue weighted by molar-refractivity contribution is 5.76. The second kappa shape index (κ2) is 65.9. The van der Waals surface area contributed by atoms with Crippen molar-refractivity contribution in [2.45, 2.75) is 398 Å². The van der Waals surface area contributed by atoms with Gasteiger partial charge < -0.3 is 20.3 Å². The van der Waals surface area contributed by atoms with Crippen molar-refractivity contribution in [3.05, 3.63) is 24.3 Å². The first-order valence-corrected chi connectivity index (χ1v) is 34.6. The van der Waals surface area contributed by atoms with Gasteiger partial charge in [0.2, 0.25) is 5.91 Å². The highest BCUT2D eigenvalue weighted by Gasteiger charge is 2.18. The minimum Gasteiger partial charge on any atom is -0.466 e. The number of amides is 1. The predicted octanol–water partition coefficient (Wildman–Crippen LogP) is 22.1. The maximum absolute atomic E-state index is 12.5. The Bertz CT molecular complexity index is 1190. The highest BCUT2D eigenvalue weighted by Crippen LogP contribution is 2.18. The first-order valence-electron chi connectivity index (χ1n) is 34.6. The molecule has 2 atom stereocenters. The molecule has 0 fully saturated rings. The van der Waals surface area contributed by atoms with Crippen LogP contribution < -0.4 is 5.32 Å². The second-order valence-electron chi connectivity index (χ2n) is 23.9. The van der Waals surface area contributed by atoms with Gasteiger partial charge in [0, 0.05) is 12.8 Å². The Balaban J connectivity index is 3.39. The summed E-state index contributed by atoms with van der Waals surface area (Å²) in [5.74, 6) is -0.0464. The van der Waals surface area contributed by atoms with E-state index in [9.17, 15) is 19.8 Å². The molecule has 6 heteroatoms. The summed E-state index contributed by atoms with van der Waals surface area (Å²) in [4.78, 5) is 24.5. The van der Waals surface area contributed by atoms with E-state index < -0.39 is 12.1 Å². The number of ether oxygens (including phenoxy) is 1. The fourth-order valence-corrected chi connectivity index (χ4v) is 10.9. The summed E-state index contributed by atoms with van der Waals surface area (Å²) >= 11 is 0. The lowest BCUT2D eigenvalue weighted by Gasteiger charge is -2.20. The molecule has 2 unspecified atom stereocenters. The highest BCUT2D eigenvalue weighted by atomic mass is 16.5. The molecule has 0 radical (unpaired) electrons. The van der Waals surface area contributed by atoms with Crippen LogP contribution in [0.3, 0.4) is 0 Å². The van der Waals surface area contributed by atoms with Crippen LogP contribution >= 0.6 is 0 Å². The van der Waals surface area contributed by atoms with E-state index in [4.69, 9.17) is 4.74 Å². The maximum Gasteiger partial charge on any atom is 0.305 e. The fraction of sp³-hybridized carbons (Fsp3) is 0.914. The van der Waals surface area contributed by atoms with Crippen molar-refractivity contribution in [1.29, 1.82) is 0 Å². The van der Waals surface area contributed by atoms with E-state index in [1.165, 1.54) is 321 Å². The first kappa shape index (κ1) is 74.3. The van der Waals surface area contributed by atoms with Gasteiger partial charge in [0.1, 0.15) is 0 Å². The Morgan fingerprint density at radius 1 is 0.355 bits per heavy atom. The summed E-state index contributed by atoms with van der Waals surface area (Å²) in [5.41, 5.74) is 0. The number of aliphatic hydroxyl groups excluding tert-OH is 2. The van der Waals surface area contributed by atoms with Gasteiger partial charge in [-0.15, -0.1) is 0 Å². The predicted molar refractivity (Wildman–Crippen MR) is 333 cm³/mol. The zero-order valence-electron chi connectivity index (χ0n) is 51.5. The van der Waals surface area contributed by atoms with Gasteiger partial charge >= 0.3 is 5.97 Å². The molecule has 0 aromatic carbocycles. The number of carbonyl (C=O) groups excluding carboxylic acids is 2. The van der Waals surface area contributed by atoms with E-state index in [1.807, 2.05) is 6.08 Å². The summed E-state index contributed by atoms with van der Waals surface area (Å²) in [5, 5.41) is 23.2. The molecular weight excluding hydrogens is 935 g/mol. The molecule has 1 amide bonds. The van der Waals surface area contributed by atoms with E-state index in [0.29, 0.717) is 19.4 Å². The summed E-state index contributed by atoms with van der Waals surface area (Å²) < 4.78 is 5.48. The van der Waals surface area contributed by atoms with E-state index in [-0.39, 0.29) is 18.5 Å². The number of hydrogen-bond donors (Lipinski definition) is 3. The van der Waals surface area contributed by atoms with Crippen molar-refractivity contribution >= 4 is 11.9 Å². The van der Waals surface area contributed by atoms with E-state index in [0.717, 1.165) is 38.5 Å². The largest absolute Gasteiger partial charge is 0.466 e. The van der Waals surface area contributed by atoms with E-state index in [1.54, 1.807) is 6.08 Å². The third-order valence-electron chi connectivity index (χ3n) is 16.2. The summed E-state index contributed by atoms with van der Waals surface area (Å²) in [7, 11) is 0. The first-order chi connectivity index (χ1) is 37.5. The van der Waals surface area contributed by atoms with Gasteiger partial charge in [-0.05, 0) is 57.8 Å². The van der Waals surface area contributed by atoms with Gasteiger partial charge in [-0.25, -0.2) is 0 Å². The van der Waals surface area contributed by atoms with Gasteiger partial charge in [-0.2, -0.15) is 0 Å². The van der Waals surface area contributed by atoms with E-state index >= 15 is 0 Å². The minimum absolute atomic E-state index is 0.0174. The minimum atomic E-state index is -0.844. The maximum atomic E-state index is 12.5. The van der Waals surface area contributed by atoms with Crippen LogP contribution in [-0.4, -0.2) is 47.4 Å². The average Bonchev–Trinajstić information content (AvgIpc) is 3.42. The standard InChI is InChI=1S/C70H135NO5/c1-3-5-7-9-11-13-15-17-18-19-33-36-39-42-46-50-54-58-62-68(73)67(66-72)71-69(74)63-59-55-51-47-43-40-37-34-31-29-27-25-23-21-20-22-24-26-28-30-32-35-38-41-45-49-53-57-61-65-76-70(75)64-60-56-52-48-44-16-14-12-10-8-6-4-2/h20,22,58,62,67-68,72-73H,3-19,21,23-57,59-61,63-66H2,1-2H3,(H,71,74)/b22-20-,62-58+. The number of allylic oxidation sites excluding steroid dienone is 3.